The molecular formula is C9H19N3O3. The molecule has 2 N–H and O–H groups in total. The molecule has 2 amide bonds. The Morgan fingerprint density at radius 2 is 1.93 bits per heavy atom. The van der Waals surface area contributed by atoms with Crippen molar-refractivity contribution in [3.8, 4) is 0 Å². The Bertz CT molecular complexity index is 207. The number of nitrogens with one attached hydrogen (secondary N) is 2. The van der Waals surface area contributed by atoms with E-state index in [1.54, 1.807) is 0 Å². The summed E-state index contributed by atoms with van der Waals surface area (Å²) in [7, 11) is 5.20. The lowest BCUT2D eigenvalue weighted by Gasteiger charge is -2.09. The molecule has 0 fully saturated rings. The van der Waals surface area contributed by atoms with Crippen molar-refractivity contribution < 1.29 is 14.3 Å². The Labute approximate surface area is 90.0 Å². The second-order valence-electron chi connectivity index (χ2n) is 3.35. The summed E-state index contributed by atoms with van der Waals surface area (Å²) in [4.78, 5) is 23.8. The van der Waals surface area contributed by atoms with Gasteiger partial charge < -0.3 is 20.3 Å². The fourth-order valence-electron chi connectivity index (χ4n) is 0.910. The summed E-state index contributed by atoms with van der Waals surface area (Å²) in [5, 5.41) is 4.98. The van der Waals surface area contributed by atoms with Crippen molar-refractivity contribution in [3.05, 3.63) is 0 Å². The van der Waals surface area contributed by atoms with Crippen LogP contribution in [0.5, 0.6) is 0 Å². The van der Waals surface area contributed by atoms with E-state index in [1.807, 2.05) is 19.0 Å². The molecule has 0 aliphatic heterocycles. The van der Waals surface area contributed by atoms with Crippen LogP contribution >= 0.6 is 0 Å². The van der Waals surface area contributed by atoms with Crippen LogP contribution in [0.4, 0.5) is 4.79 Å². The molecule has 0 aromatic heterocycles. The van der Waals surface area contributed by atoms with Crippen molar-refractivity contribution in [2.45, 2.75) is 6.42 Å². The van der Waals surface area contributed by atoms with Gasteiger partial charge in [-0.25, -0.2) is 4.79 Å². The van der Waals surface area contributed by atoms with Gasteiger partial charge in [-0.05, 0) is 27.1 Å². The highest BCUT2D eigenvalue weighted by Gasteiger charge is 2.03. The number of rotatable bonds is 6. The largest absolute Gasteiger partial charge is 0.453 e. The molecular weight excluding hydrogens is 198 g/mol. The van der Waals surface area contributed by atoms with Gasteiger partial charge in [-0.2, -0.15) is 0 Å². The number of alkyl carbamates (subject to hydrolysis) is 1. The van der Waals surface area contributed by atoms with Gasteiger partial charge in [0, 0.05) is 6.54 Å². The van der Waals surface area contributed by atoms with Crippen LogP contribution in [0, 0.1) is 0 Å². The number of amides is 2. The lowest BCUT2D eigenvalue weighted by molar-refractivity contribution is -0.120. The number of ether oxygens (including phenoxy) is 1. The first-order valence-corrected chi connectivity index (χ1v) is 4.79. The van der Waals surface area contributed by atoms with Crippen LogP contribution in [0.1, 0.15) is 6.42 Å². The molecule has 0 rings (SSSR count). The van der Waals surface area contributed by atoms with Gasteiger partial charge in [0.1, 0.15) is 0 Å². The normalized spacial score (nSPS) is 9.87. The lowest BCUT2D eigenvalue weighted by atomic mass is 10.4. The van der Waals surface area contributed by atoms with Crippen LogP contribution in [0.2, 0.25) is 0 Å². The van der Waals surface area contributed by atoms with Gasteiger partial charge >= 0.3 is 6.09 Å². The Morgan fingerprint density at radius 1 is 1.27 bits per heavy atom. The Morgan fingerprint density at radius 3 is 2.47 bits per heavy atom. The molecule has 0 aliphatic carbocycles. The first kappa shape index (κ1) is 13.7. The Kier molecular flexibility index (Phi) is 7.35. The number of hydrogen-bond donors (Lipinski definition) is 2. The maximum Gasteiger partial charge on any atom is 0.407 e. The molecule has 0 spiro atoms. The van der Waals surface area contributed by atoms with Crippen LogP contribution < -0.4 is 10.6 Å². The maximum absolute atomic E-state index is 11.1. The van der Waals surface area contributed by atoms with Gasteiger partial charge in [0.2, 0.25) is 5.91 Å². The van der Waals surface area contributed by atoms with Crippen molar-refractivity contribution in [1.82, 2.24) is 15.5 Å². The van der Waals surface area contributed by atoms with Gasteiger partial charge in [-0.3, -0.25) is 4.79 Å². The van der Waals surface area contributed by atoms with Crippen molar-refractivity contribution in [1.29, 1.82) is 0 Å². The SMILES string of the molecule is COC(=O)NCC(=O)NCCCN(C)C. The lowest BCUT2D eigenvalue weighted by Crippen LogP contribution is -2.37. The van der Waals surface area contributed by atoms with E-state index in [0.29, 0.717) is 6.54 Å². The van der Waals surface area contributed by atoms with E-state index in [2.05, 4.69) is 15.4 Å². The molecule has 0 saturated heterocycles. The smallest absolute Gasteiger partial charge is 0.407 e. The third kappa shape index (κ3) is 9.01. The molecule has 0 saturated carbocycles. The third-order valence-corrected chi connectivity index (χ3v) is 1.68. The number of methoxy groups -OCH3 is 1. The molecule has 0 unspecified atom stereocenters. The molecule has 0 heterocycles. The highest BCUT2D eigenvalue weighted by molar-refractivity contribution is 5.81. The topological polar surface area (TPSA) is 70.7 Å². The van der Waals surface area contributed by atoms with Crippen LogP contribution in [0.15, 0.2) is 0 Å². The molecule has 0 aliphatic rings. The van der Waals surface area contributed by atoms with Crippen molar-refractivity contribution in [2.24, 2.45) is 0 Å². The van der Waals surface area contributed by atoms with E-state index < -0.39 is 6.09 Å². The third-order valence-electron chi connectivity index (χ3n) is 1.68. The molecule has 15 heavy (non-hydrogen) atoms. The summed E-state index contributed by atoms with van der Waals surface area (Å²) >= 11 is 0. The average molecular weight is 217 g/mol. The number of carbonyl (C=O) groups excluding carboxylic acids is 2. The molecule has 0 bridgehead atoms. The summed E-state index contributed by atoms with van der Waals surface area (Å²) in [5.74, 6) is -0.209. The molecule has 0 radical (unpaired) electrons. The van der Waals surface area contributed by atoms with Crippen LogP contribution in [0.25, 0.3) is 0 Å². The van der Waals surface area contributed by atoms with E-state index in [9.17, 15) is 9.59 Å². The number of hydrogen-bond acceptors (Lipinski definition) is 4. The van der Waals surface area contributed by atoms with Gasteiger partial charge in [-0.1, -0.05) is 0 Å². The zero-order chi connectivity index (χ0) is 11.7. The molecule has 0 aromatic carbocycles. The Balaban J connectivity index is 3.37. The zero-order valence-electron chi connectivity index (χ0n) is 9.50. The summed E-state index contributed by atoms with van der Waals surface area (Å²) in [6, 6.07) is 0. The zero-order valence-corrected chi connectivity index (χ0v) is 9.50. The minimum absolute atomic E-state index is 0.0470. The second-order valence-corrected chi connectivity index (χ2v) is 3.35. The highest BCUT2D eigenvalue weighted by atomic mass is 16.5. The number of carbonyl (C=O) groups is 2. The van der Waals surface area contributed by atoms with Gasteiger partial charge in [-0.15, -0.1) is 0 Å². The fraction of sp³-hybridized carbons (Fsp3) is 0.778. The predicted molar refractivity (Wildman–Crippen MR) is 56.6 cm³/mol. The van der Waals surface area contributed by atoms with Crippen LogP contribution in [-0.2, 0) is 9.53 Å². The van der Waals surface area contributed by atoms with Gasteiger partial charge in [0.05, 0.1) is 13.7 Å². The van der Waals surface area contributed by atoms with E-state index >= 15 is 0 Å². The average Bonchev–Trinajstić information content (AvgIpc) is 2.20. The summed E-state index contributed by atoms with van der Waals surface area (Å²) in [6.07, 6.45) is 0.287. The predicted octanol–water partition coefficient (Wildman–Crippen LogP) is -0.590. The van der Waals surface area contributed by atoms with Crippen molar-refractivity contribution in [3.63, 3.8) is 0 Å². The first-order chi connectivity index (χ1) is 7.06. The molecule has 88 valence electrons. The Hall–Kier alpha value is -1.30. The molecule has 6 nitrogen and oxygen atoms in total. The standard InChI is InChI=1S/C9H19N3O3/c1-12(2)6-4-5-10-8(13)7-11-9(14)15-3/h4-7H2,1-3H3,(H,10,13)(H,11,14). The van der Waals surface area contributed by atoms with Crippen LogP contribution in [-0.4, -0.2) is 57.7 Å². The fourth-order valence-corrected chi connectivity index (χ4v) is 0.910. The molecule has 0 atom stereocenters. The summed E-state index contributed by atoms with van der Waals surface area (Å²) < 4.78 is 4.32. The van der Waals surface area contributed by atoms with E-state index in [4.69, 9.17) is 0 Å². The quantitative estimate of drug-likeness (QED) is 0.583. The van der Waals surface area contributed by atoms with E-state index in [-0.39, 0.29) is 12.5 Å². The molecule has 0 aromatic rings. The second kappa shape index (κ2) is 8.05. The van der Waals surface area contributed by atoms with Crippen molar-refractivity contribution >= 4 is 12.0 Å². The highest BCUT2D eigenvalue weighted by Crippen LogP contribution is 1.80. The van der Waals surface area contributed by atoms with Crippen LogP contribution in [0.3, 0.4) is 0 Å². The minimum atomic E-state index is -0.599. The number of nitrogens with zero attached hydrogens (tertiary/aromatic N) is 1. The van der Waals surface area contributed by atoms with Crippen molar-refractivity contribution in [2.75, 3.05) is 40.8 Å². The maximum atomic E-state index is 11.1. The van der Waals surface area contributed by atoms with E-state index in [1.165, 1.54) is 7.11 Å². The monoisotopic (exact) mass is 217 g/mol. The summed E-state index contributed by atoms with van der Waals surface area (Å²) in [5.41, 5.74) is 0. The first-order valence-electron chi connectivity index (χ1n) is 4.79. The van der Waals surface area contributed by atoms with Gasteiger partial charge in [0.15, 0.2) is 0 Å². The molecule has 6 heteroatoms. The van der Waals surface area contributed by atoms with E-state index in [0.717, 1.165) is 13.0 Å². The summed E-state index contributed by atoms with van der Waals surface area (Å²) in [6.45, 7) is 1.49. The van der Waals surface area contributed by atoms with Gasteiger partial charge in [0.25, 0.3) is 0 Å². The minimum Gasteiger partial charge on any atom is -0.453 e.